The average molecular weight is 393 g/mol. The monoisotopic (exact) mass is 392 g/mol. The van der Waals surface area contributed by atoms with E-state index in [1.165, 1.54) is 26.9 Å². The fourth-order valence-corrected chi connectivity index (χ4v) is 2.85. The summed E-state index contributed by atoms with van der Waals surface area (Å²) in [5.74, 6) is 1.55. The van der Waals surface area contributed by atoms with Crippen LogP contribution in [0.25, 0.3) is 11.3 Å². The number of rotatable bonds is 5. The minimum absolute atomic E-state index is 0.282. The maximum atomic E-state index is 6.40. The number of nitrogens with two attached hydrogens (primary N) is 1. The van der Waals surface area contributed by atoms with E-state index >= 15 is 0 Å². The number of anilines is 3. The summed E-state index contributed by atoms with van der Waals surface area (Å²) < 4.78 is 10.5. The van der Waals surface area contributed by atoms with E-state index in [0.29, 0.717) is 40.1 Å². The first kappa shape index (κ1) is 18.0. The maximum Gasteiger partial charge on any atom is 0.143 e. The Balaban J connectivity index is 2.11. The highest BCUT2D eigenvalue weighted by Gasteiger charge is 2.19. The molecule has 26 heavy (non-hydrogen) atoms. The molecule has 2 heterocycles. The molecule has 2 aromatic heterocycles. The van der Waals surface area contributed by atoms with E-state index in [2.05, 4.69) is 25.3 Å². The molecule has 0 aliphatic carbocycles. The number of aromatic nitrogens is 4. The molecule has 3 N–H and O–H groups in total. The van der Waals surface area contributed by atoms with Crippen molar-refractivity contribution in [1.82, 2.24) is 19.9 Å². The summed E-state index contributed by atoms with van der Waals surface area (Å²) in [4.78, 5) is 16.4. The van der Waals surface area contributed by atoms with E-state index in [0.717, 1.165) is 0 Å². The van der Waals surface area contributed by atoms with Gasteiger partial charge in [0, 0.05) is 18.3 Å². The normalized spacial score (nSPS) is 10.5. The van der Waals surface area contributed by atoms with Crippen LogP contribution in [0.1, 0.15) is 0 Å². The second-order valence-electron chi connectivity index (χ2n) is 5.02. The summed E-state index contributed by atoms with van der Waals surface area (Å²) in [5, 5.41) is 3.67. The van der Waals surface area contributed by atoms with Crippen LogP contribution in [0.2, 0.25) is 10.0 Å². The van der Waals surface area contributed by atoms with Gasteiger partial charge in [-0.2, -0.15) is 0 Å². The largest absolute Gasteiger partial charge is 0.495 e. The first-order chi connectivity index (χ1) is 12.5. The van der Waals surface area contributed by atoms with Crippen molar-refractivity contribution in [1.29, 1.82) is 0 Å². The van der Waals surface area contributed by atoms with Gasteiger partial charge in [-0.15, -0.1) is 0 Å². The minimum atomic E-state index is 0.282. The molecule has 0 unspecified atom stereocenters. The zero-order valence-electron chi connectivity index (χ0n) is 13.8. The highest BCUT2D eigenvalue weighted by Crippen LogP contribution is 2.45. The van der Waals surface area contributed by atoms with Gasteiger partial charge in [0.2, 0.25) is 0 Å². The van der Waals surface area contributed by atoms with Crippen LogP contribution in [0.4, 0.5) is 17.3 Å². The molecule has 0 amide bonds. The van der Waals surface area contributed by atoms with Gasteiger partial charge in [0.05, 0.1) is 31.2 Å². The van der Waals surface area contributed by atoms with Gasteiger partial charge in [0.25, 0.3) is 0 Å². The molecule has 0 fully saturated rings. The molecule has 0 aliphatic heterocycles. The van der Waals surface area contributed by atoms with Gasteiger partial charge < -0.3 is 20.5 Å². The van der Waals surface area contributed by atoms with Crippen molar-refractivity contribution in [3.63, 3.8) is 0 Å². The topological polar surface area (TPSA) is 108 Å². The molecule has 3 aromatic rings. The smallest absolute Gasteiger partial charge is 0.143 e. The Hall–Kier alpha value is -2.84. The molecular weight excluding hydrogens is 379 g/mol. The van der Waals surface area contributed by atoms with Crippen LogP contribution in [0.3, 0.4) is 0 Å². The lowest BCUT2D eigenvalue weighted by Gasteiger charge is -2.16. The van der Waals surface area contributed by atoms with E-state index in [1.807, 2.05) is 0 Å². The standard InChI is InChI=1S/C16H14Cl2N6O2/c1-25-10-4-11(26-2)14(18)15(13(10)17)24-16-8(5-20-6-23-16)9-3-12(19)22-7-21-9/h3-7H,1-2H3,(H2,19,21,22)(H,20,23,24). The van der Waals surface area contributed by atoms with Crippen molar-refractivity contribution in [2.45, 2.75) is 0 Å². The molecule has 0 atom stereocenters. The molecule has 0 bridgehead atoms. The van der Waals surface area contributed by atoms with E-state index in [-0.39, 0.29) is 10.0 Å². The summed E-state index contributed by atoms with van der Waals surface area (Å²) >= 11 is 12.8. The quantitative estimate of drug-likeness (QED) is 0.677. The Morgan fingerprint density at radius 3 is 2.27 bits per heavy atom. The second kappa shape index (κ2) is 7.59. The molecule has 0 saturated heterocycles. The third-order valence-corrected chi connectivity index (χ3v) is 4.24. The summed E-state index contributed by atoms with van der Waals surface area (Å²) in [6.45, 7) is 0. The molecule has 0 saturated carbocycles. The number of hydrogen-bond donors (Lipinski definition) is 2. The van der Waals surface area contributed by atoms with Crippen LogP contribution in [-0.4, -0.2) is 34.2 Å². The molecule has 0 radical (unpaired) electrons. The first-order valence-electron chi connectivity index (χ1n) is 7.30. The Morgan fingerprint density at radius 2 is 1.65 bits per heavy atom. The van der Waals surface area contributed by atoms with E-state index < -0.39 is 0 Å². The Labute approximate surface area is 159 Å². The van der Waals surface area contributed by atoms with Crippen LogP contribution in [0.5, 0.6) is 11.5 Å². The molecule has 0 spiro atoms. The molecular formula is C16H14Cl2N6O2. The number of ether oxygens (including phenoxy) is 2. The fourth-order valence-electron chi connectivity index (χ4n) is 2.25. The third kappa shape index (κ3) is 3.42. The highest BCUT2D eigenvalue weighted by atomic mass is 35.5. The number of hydrogen-bond acceptors (Lipinski definition) is 8. The van der Waals surface area contributed by atoms with Crippen LogP contribution in [0.15, 0.2) is 31.0 Å². The zero-order chi connectivity index (χ0) is 18.7. The minimum Gasteiger partial charge on any atom is -0.495 e. The van der Waals surface area contributed by atoms with E-state index in [4.69, 9.17) is 38.4 Å². The van der Waals surface area contributed by atoms with Gasteiger partial charge in [-0.05, 0) is 0 Å². The zero-order valence-corrected chi connectivity index (χ0v) is 15.3. The van der Waals surface area contributed by atoms with Crippen molar-refractivity contribution in [2.75, 3.05) is 25.3 Å². The third-order valence-electron chi connectivity index (χ3n) is 3.49. The van der Waals surface area contributed by atoms with Crippen molar-refractivity contribution in [3.8, 4) is 22.8 Å². The number of nitrogens with zero attached hydrogens (tertiary/aromatic N) is 4. The van der Waals surface area contributed by atoms with Gasteiger partial charge in [-0.1, -0.05) is 23.2 Å². The molecule has 3 rings (SSSR count). The molecule has 10 heteroatoms. The first-order valence-corrected chi connectivity index (χ1v) is 8.05. The average Bonchev–Trinajstić information content (AvgIpc) is 2.66. The van der Waals surface area contributed by atoms with Crippen molar-refractivity contribution >= 4 is 40.5 Å². The van der Waals surface area contributed by atoms with Crippen LogP contribution >= 0.6 is 23.2 Å². The van der Waals surface area contributed by atoms with Gasteiger partial charge in [-0.25, -0.2) is 19.9 Å². The Morgan fingerprint density at radius 1 is 0.962 bits per heavy atom. The summed E-state index contributed by atoms with van der Waals surface area (Å²) in [6.07, 6.45) is 4.34. The Kier molecular flexibility index (Phi) is 5.24. The number of nitrogen functional groups attached to an aromatic ring is 1. The van der Waals surface area contributed by atoms with E-state index in [1.54, 1.807) is 18.3 Å². The molecule has 0 aliphatic rings. The summed E-state index contributed by atoms with van der Waals surface area (Å²) in [6, 6.07) is 3.21. The van der Waals surface area contributed by atoms with Gasteiger partial charge >= 0.3 is 0 Å². The van der Waals surface area contributed by atoms with Crippen molar-refractivity contribution in [3.05, 3.63) is 41.0 Å². The maximum absolute atomic E-state index is 6.40. The van der Waals surface area contributed by atoms with Crippen LogP contribution in [-0.2, 0) is 0 Å². The van der Waals surface area contributed by atoms with Gasteiger partial charge in [-0.3, -0.25) is 0 Å². The lowest BCUT2D eigenvalue weighted by molar-refractivity contribution is 0.395. The predicted molar refractivity (Wildman–Crippen MR) is 100 cm³/mol. The molecule has 1 aromatic carbocycles. The molecule has 8 nitrogen and oxygen atoms in total. The summed E-state index contributed by atoms with van der Waals surface area (Å²) in [5.41, 5.74) is 7.25. The lowest BCUT2D eigenvalue weighted by Crippen LogP contribution is -2.02. The molecule has 134 valence electrons. The van der Waals surface area contributed by atoms with Crippen molar-refractivity contribution in [2.24, 2.45) is 0 Å². The van der Waals surface area contributed by atoms with Crippen LogP contribution < -0.4 is 20.5 Å². The second-order valence-corrected chi connectivity index (χ2v) is 5.78. The number of methoxy groups -OCH3 is 2. The van der Waals surface area contributed by atoms with Crippen LogP contribution in [0, 0.1) is 0 Å². The van der Waals surface area contributed by atoms with Gasteiger partial charge in [0.1, 0.15) is 45.8 Å². The van der Waals surface area contributed by atoms with Crippen molar-refractivity contribution < 1.29 is 9.47 Å². The summed E-state index contributed by atoms with van der Waals surface area (Å²) in [7, 11) is 3.00. The SMILES string of the molecule is COc1cc(OC)c(Cl)c(Nc2ncncc2-c2cc(N)ncn2)c1Cl. The van der Waals surface area contributed by atoms with Gasteiger partial charge in [0.15, 0.2) is 0 Å². The Bertz CT molecular complexity index is 926. The number of benzene rings is 1. The van der Waals surface area contributed by atoms with E-state index in [9.17, 15) is 0 Å². The number of halogens is 2. The lowest BCUT2D eigenvalue weighted by atomic mass is 10.2. The number of nitrogens with one attached hydrogen (secondary N) is 1. The highest BCUT2D eigenvalue weighted by molar-refractivity contribution is 6.41. The fraction of sp³-hybridized carbons (Fsp3) is 0.125. The predicted octanol–water partition coefficient (Wildman–Crippen LogP) is 3.58.